The summed E-state index contributed by atoms with van der Waals surface area (Å²) >= 11 is 0. The minimum Gasteiger partial charge on any atom is -0.480 e. The SMILES string of the molecule is CCN(C(=O)NC1(C)CCOC1C)C(C)(C)C(=O)O. The fourth-order valence-corrected chi connectivity index (χ4v) is 2.22. The third-order valence-electron chi connectivity index (χ3n) is 4.04. The topological polar surface area (TPSA) is 78.9 Å². The van der Waals surface area contributed by atoms with Gasteiger partial charge in [0, 0.05) is 13.2 Å². The number of carbonyl (C=O) groups is 2. The van der Waals surface area contributed by atoms with Gasteiger partial charge in [-0.05, 0) is 41.0 Å². The molecule has 6 heteroatoms. The Hall–Kier alpha value is -1.30. The second-order valence-electron chi connectivity index (χ2n) is 5.72. The van der Waals surface area contributed by atoms with E-state index in [0.717, 1.165) is 6.42 Å². The van der Waals surface area contributed by atoms with E-state index < -0.39 is 17.0 Å². The molecule has 1 aliphatic heterocycles. The van der Waals surface area contributed by atoms with Crippen molar-refractivity contribution in [3.63, 3.8) is 0 Å². The summed E-state index contributed by atoms with van der Waals surface area (Å²) in [5.41, 5.74) is -1.68. The van der Waals surface area contributed by atoms with Gasteiger partial charge in [0.2, 0.25) is 0 Å². The van der Waals surface area contributed by atoms with Crippen molar-refractivity contribution in [3.05, 3.63) is 0 Å². The first-order valence-corrected chi connectivity index (χ1v) is 6.60. The Morgan fingerprint density at radius 1 is 1.53 bits per heavy atom. The summed E-state index contributed by atoms with van der Waals surface area (Å²) in [7, 11) is 0. The number of carbonyl (C=O) groups excluding carboxylic acids is 1. The van der Waals surface area contributed by atoms with Crippen LogP contribution in [0.2, 0.25) is 0 Å². The van der Waals surface area contributed by atoms with Crippen molar-refractivity contribution in [2.24, 2.45) is 0 Å². The molecule has 0 bridgehead atoms. The van der Waals surface area contributed by atoms with Crippen LogP contribution in [0.4, 0.5) is 4.79 Å². The molecule has 1 fully saturated rings. The number of nitrogens with zero attached hydrogens (tertiary/aromatic N) is 1. The van der Waals surface area contributed by atoms with E-state index in [-0.39, 0.29) is 12.1 Å². The molecule has 6 nitrogen and oxygen atoms in total. The van der Waals surface area contributed by atoms with Gasteiger partial charge in [0.05, 0.1) is 11.6 Å². The summed E-state index contributed by atoms with van der Waals surface area (Å²) in [4.78, 5) is 24.9. The molecule has 1 rings (SSSR count). The summed E-state index contributed by atoms with van der Waals surface area (Å²) in [6, 6.07) is -0.366. The zero-order chi connectivity index (χ0) is 14.8. The Labute approximate surface area is 114 Å². The van der Waals surface area contributed by atoms with E-state index in [9.17, 15) is 14.7 Å². The number of ether oxygens (including phenoxy) is 1. The first-order valence-electron chi connectivity index (χ1n) is 6.60. The number of likely N-dealkylation sites (N-methyl/N-ethyl adjacent to an activating group) is 1. The molecule has 19 heavy (non-hydrogen) atoms. The number of carboxylic acids is 1. The zero-order valence-electron chi connectivity index (χ0n) is 12.3. The largest absolute Gasteiger partial charge is 0.480 e. The highest BCUT2D eigenvalue weighted by molar-refractivity contribution is 5.85. The number of nitrogens with one attached hydrogen (secondary N) is 1. The van der Waals surface area contributed by atoms with Crippen LogP contribution in [-0.2, 0) is 9.53 Å². The van der Waals surface area contributed by atoms with E-state index in [1.54, 1.807) is 6.92 Å². The highest BCUT2D eigenvalue weighted by Crippen LogP contribution is 2.26. The number of amides is 2. The number of rotatable bonds is 4. The molecular weight excluding hydrogens is 248 g/mol. The molecule has 0 aliphatic carbocycles. The van der Waals surface area contributed by atoms with Gasteiger partial charge in [0.15, 0.2) is 0 Å². The average Bonchev–Trinajstić information content (AvgIpc) is 2.59. The van der Waals surface area contributed by atoms with Gasteiger partial charge in [-0.2, -0.15) is 0 Å². The molecule has 0 aromatic carbocycles. The molecule has 0 aromatic rings. The molecule has 0 saturated carbocycles. The summed E-state index contributed by atoms with van der Waals surface area (Å²) in [5.74, 6) is -1.02. The molecule has 1 heterocycles. The molecule has 2 atom stereocenters. The first-order chi connectivity index (χ1) is 8.65. The number of hydrogen-bond donors (Lipinski definition) is 2. The fourth-order valence-electron chi connectivity index (χ4n) is 2.22. The van der Waals surface area contributed by atoms with Crippen LogP contribution in [0.5, 0.6) is 0 Å². The quantitative estimate of drug-likeness (QED) is 0.812. The van der Waals surface area contributed by atoms with Crippen molar-refractivity contribution >= 4 is 12.0 Å². The van der Waals surface area contributed by atoms with Crippen molar-refractivity contribution in [2.45, 2.75) is 58.2 Å². The van der Waals surface area contributed by atoms with Crippen LogP contribution >= 0.6 is 0 Å². The molecular formula is C13H24N2O4. The van der Waals surface area contributed by atoms with Crippen molar-refractivity contribution in [2.75, 3.05) is 13.2 Å². The van der Waals surface area contributed by atoms with Crippen LogP contribution in [-0.4, -0.2) is 52.3 Å². The van der Waals surface area contributed by atoms with Crippen LogP contribution in [0.1, 0.15) is 41.0 Å². The smallest absolute Gasteiger partial charge is 0.329 e. The standard InChI is InChI=1S/C13H24N2O4/c1-6-15(12(3,4)10(16)17)11(18)14-13(5)7-8-19-9(13)2/h9H,6-8H2,1-5H3,(H,14,18)(H,16,17). The number of hydrogen-bond acceptors (Lipinski definition) is 3. The van der Waals surface area contributed by atoms with E-state index in [0.29, 0.717) is 13.2 Å². The highest BCUT2D eigenvalue weighted by atomic mass is 16.5. The monoisotopic (exact) mass is 272 g/mol. The normalized spacial score (nSPS) is 27.1. The van der Waals surface area contributed by atoms with Gasteiger partial charge >= 0.3 is 12.0 Å². The molecule has 0 spiro atoms. The summed E-state index contributed by atoms with van der Waals surface area (Å²) in [6.07, 6.45) is 0.647. The lowest BCUT2D eigenvalue weighted by molar-refractivity contribution is -0.147. The van der Waals surface area contributed by atoms with Gasteiger partial charge in [-0.3, -0.25) is 0 Å². The minimum atomic E-state index is -1.24. The Bertz CT molecular complexity index is 370. The third kappa shape index (κ3) is 3.00. The predicted octanol–water partition coefficient (Wildman–Crippen LogP) is 1.45. The van der Waals surface area contributed by atoms with Gasteiger partial charge < -0.3 is 20.1 Å². The predicted molar refractivity (Wildman–Crippen MR) is 71.1 cm³/mol. The molecule has 2 N–H and O–H groups in total. The van der Waals surface area contributed by atoms with E-state index in [1.165, 1.54) is 18.7 Å². The lowest BCUT2D eigenvalue weighted by Gasteiger charge is -2.38. The average molecular weight is 272 g/mol. The van der Waals surface area contributed by atoms with Gasteiger partial charge in [0.25, 0.3) is 0 Å². The fraction of sp³-hybridized carbons (Fsp3) is 0.846. The van der Waals surface area contributed by atoms with Crippen LogP contribution in [0.15, 0.2) is 0 Å². The minimum absolute atomic E-state index is 0.0805. The van der Waals surface area contributed by atoms with Crippen LogP contribution in [0.25, 0.3) is 0 Å². The lowest BCUT2D eigenvalue weighted by Crippen LogP contribution is -2.61. The summed E-state index contributed by atoms with van der Waals surface area (Å²) in [6.45, 7) is 9.57. The van der Waals surface area contributed by atoms with Crippen LogP contribution < -0.4 is 5.32 Å². The Morgan fingerprint density at radius 3 is 2.47 bits per heavy atom. The first kappa shape index (κ1) is 15.8. The van der Waals surface area contributed by atoms with Crippen molar-refractivity contribution in [3.8, 4) is 0 Å². The molecule has 2 unspecified atom stereocenters. The molecule has 110 valence electrons. The maximum atomic E-state index is 12.3. The van der Waals surface area contributed by atoms with E-state index in [1.807, 2.05) is 13.8 Å². The molecule has 2 amide bonds. The lowest BCUT2D eigenvalue weighted by atomic mass is 9.94. The summed E-state index contributed by atoms with van der Waals surface area (Å²) < 4.78 is 5.47. The Balaban J connectivity index is 2.83. The number of urea groups is 1. The molecule has 0 radical (unpaired) electrons. The maximum absolute atomic E-state index is 12.3. The highest BCUT2D eigenvalue weighted by Gasteiger charge is 2.42. The van der Waals surface area contributed by atoms with E-state index in [4.69, 9.17) is 4.74 Å². The second kappa shape index (κ2) is 5.36. The molecule has 1 aliphatic rings. The second-order valence-corrected chi connectivity index (χ2v) is 5.72. The van der Waals surface area contributed by atoms with E-state index in [2.05, 4.69) is 5.32 Å². The molecule has 0 aromatic heterocycles. The summed E-state index contributed by atoms with van der Waals surface area (Å²) in [5, 5.41) is 12.1. The number of carboxylic acid groups (broad SMARTS) is 1. The Kier molecular flexibility index (Phi) is 4.45. The van der Waals surface area contributed by atoms with Gasteiger partial charge in [0.1, 0.15) is 5.54 Å². The maximum Gasteiger partial charge on any atom is 0.329 e. The third-order valence-corrected chi connectivity index (χ3v) is 4.04. The van der Waals surface area contributed by atoms with Crippen molar-refractivity contribution in [1.82, 2.24) is 10.2 Å². The van der Waals surface area contributed by atoms with Crippen LogP contribution in [0.3, 0.4) is 0 Å². The van der Waals surface area contributed by atoms with E-state index >= 15 is 0 Å². The Morgan fingerprint density at radius 2 is 2.11 bits per heavy atom. The van der Waals surface area contributed by atoms with Gasteiger partial charge in [-0.15, -0.1) is 0 Å². The van der Waals surface area contributed by atoms with Gasteiger partial charge in [-0.25, -0.2) is 9.59 Å². The van der Waals surface area contributed by atoms with Crippen molar-refractivity contribution < 1.29 is 19.4 Å². The zero-order valence-corrected chi connectivity index (χ0v) is 12.3. The van der Waals surface area contributed by atoms with Crippen molar-refractivity contribution in [1.29, 1.82) is 0 Å². The van der Waals surface area contributed by atoms with Gasteiger partial charge in [-0.1, -0.05) is 0 Å². The molecule has 1 saturated heterocycles. The number of aliphatic carboxylic acids is 1. The van der Waals surface area contributed by atoms with Crippen LogP contribution in [0, 0.1) is 0 Å².